The summed E-state index contributed by atoms with van der Waals surface area (Å²) in [6, 6.07) is 2.65. The summed E-state index contributed by atoms with van der Waals surface area (Å²) in [5, 5.41) is 5.43. The van der Waals surface area contributed by atoms with Gasteiger partial charge in [-0.25, -0.2) is 0 Å². The fourth-order valence-electron chi connectivity index (χ4n) is 3.22. The zero-order chi connectivity index (χ0) is 13.9. The summed E-state index contributed by atoms with van der Waals surface area (Å²) in [5.74, 6) is 0.245. The second-order valence-electron chi connectivity index (χ2n) is 5.61. The van der Waals surface area contributed by atoms with Crippen LogP contribution in [0, 0.1) is 0 Å². The van der Waals surface area contributed by atoms with Crippen molar-refractivity contribution in [3.63, 3.8) is 0 Å². The Morgan fingerprint density at radius 1 is 1.38 bits per heavy atom. The zero-order valence-corrected chi connectivity index (χ0v) is 14.1. The number of likely N-dealkylation sites (tertiary alicyclic amines) is 1. The van der Waals surface area contributed by atoms with Crippen molar-refractivity contribution in [2.24, 2.45) is 0 Å². The molecule has 1 atom stereocenters. The van der Waals surface area contributed by atoms with Gasteiger partial charge < -0.3 is 10.2 Å². The molecule has 1 amide bonds. The number of halogens is 1. The molecule has 3 heterocycles. The van der Waals surface area contributed by atoms with Gasteiger partial charge in [0.1, 0.15) is 0 Å². The van der Waals surface area contributed by atoms with Gasteiger partial charge in [0.2, 0.25) is 0 Å². The number of thiophene rings is 1. The predicted molar refractivity (Wildman–Crippen MR) is 89.7 cm³/mol. The number of hydrogen-bond donors (Lipinski definition) is 1. The average Bonchev–Trinajstić information content (AvgIpc) is 3.16. The third kappa shape index (κ3) is 3.59. The number of carbonyl (C=O) groups excluding carboxylic acids is 1. The van der Waals surface area contributed by atoms with Crippen LogP contribution in [0.15, 0.2) is 11.4 Å². The fraction of sp³-hybridized carbons (Fsp3) is 0.667. The molecule has 1 unspecified atom stereocenters. The molecule has 118 valence electrons. The SMILES string of the molecule is CCc1ccsc1C(=O)N1CCC(N2CCNCC2)C1.Cl. The number of amides is 1. The molecule has 21 heavy (non-hydrogen) atoms. The first-order chi connectivity index (χ1) is 9.79. The Labute approximate surface area is 136 Å². The molecule has 6 heteroatoms. The van der Waals surface area contributed by atoms with E-state index < -0.39 is 0 Å². The number of rotatable bonds is 3. The van der Waals surface area contributed by atoms with E-state index in [9.17, 15) is 4.79 Å². The van der Waals surface area contributed by atoms with Crippen LogP contribution in [0.4, 0.5) is 0 Å². The molecule has 1 N–H and O–H groups in total. The second kappa shape index (κ2) is 7.58. The average molecular weight is 330 g/mol. The smallest absolute Gasteiger partial charge is 0.264 e. The van der Waals surface area contributed by atoms with E-state index in [1.165, 1.54) is 5.56 Å². The summed E-state index contributed by atoms with van der Waals surface area (Å²) < 4.78 is 0. The van der Waals surface area contributed by atoms with E-state index in [1.54, 1.807) is 11.3 Å². The molecule has 1 aromatic heterocycles. The largest absolute Gasteiger partial charge is 0.336 e. The Morgan fingerprint density at radius 2 is 2.14 bits per heavy atom. The van der Waals surface area contributed by atoms with Crippen LogP contribution in [0.1, 0.15) is 28.6 Å². The maximum Gasteiger partial charge on any atom is 0.264 e. The highest BCUT2D eigenvalue weighted by molar-refractivity contribution is 7.12. The topological polar surface area (TPSA) is 35.6 Å². The highest BCUT2D eigenvalue weighted by Gasteiger charge is 2.32. The quantitative estimate of drug-likeness (QED) is 0.919. The molecule has 0 bridgehead atoms. The first-order valence-electron chi connectivity index (χ1n) is 7.60. The lowest BCUT2D eigenvalue weighted by Gasteiger charge is -2.32. The van der Waals surface area contributed by atoms with Crippen LogP contribution in [0.5, 0.6) is 0 Å². The molecular weight excluding hydrogens is 306 g/mol. The molecule has 0 aliphatic carbocycles. The summed E-state index contributed by atoms with van der Waals surface area (Å²) >= 11 is 1.59. The number of hydrogen-bond acceptors (Lipinski definition) is 4. The molecule has 0 saturated carbocycles. The van der Waals surface area contributed by atoms with Gasteiger partial charge in [-0.15, -0.1) is 23.7 Å². The summed E-state index contributed by atoms with van der Waals surface area (Å²) in [4.78, 5) is 18.2. The minimum absolute atomic E-state index is 0. The van der Waals surface area contributed by atoms with Crippen LogP contribution in [0.2, 0.25) is 0 Å². The van der Waals surface area contributed by atoms with Crippen LogP contribution in [-0.2, 0) is 6.42 Å². The number of carbonyl (C=O) groups is 1. The first-order valence-corrected chi connectivity index (χ1v) is 8.48. The van der Waals surface area contributed by atoms with E-state index in [-0.39, 0.29) is 18.3 Å². The standard InChI is InChI=1S/C15H23N3OS.ClH/c1-2-12-4-10-20-14(12)15(19)18-7-3-13(11-18)17-8-5-16-6-9-17;/h4,10,13,16H,2-3,5-9,11H2,1H3;1H. The molecule has 1 aromatic rings. The molecule has 2 aliphatic rings. The van der Waals surface area contributed by atoms with Crippen LogP contribution in [0.25, 0.3) is 0 Å². The number of aryl methyl sites for hydroxylation is 1. The van der Waals surface area contributed by atoms with Gasteiger partial charge in [0.15, 0.2) is 0 Å². The van der Waals surface area contributed by atoms with Crippen molar-refractivity contribution >= 4 is 29.7 Å². The van der Waals surface area contributed by atoms with Crippen molar-refractivity contribution in [2.45, 2.75) is 25.8 Å². The normalized spacial score (nSPS) is 23.1. The number of nitrogens with zero attached hydrogens (tertiary/aromatic N) is 2. The Bertz CT molecular complexity index is 473. The molecule has 0 spiro atoms. The van der Waals surface area contributed by atoms with E-state index in [2.05, 4.69) is 28.1 Å². The second-order valence-corrected chi connectivity index (χ2v) is 6.52. The Morgan fingerprint density at radius 3 is 2.86 bits per heavy atom. The van der Waals surface area contributed by atoms with E-state index in [0.29, 0.717) is 6.04 Å². The van der Waals surface area contributed by atoms with E-state index >= 15 is 0 Å². The molecule has 2 saturated heterocycles. The maximum absolute atomic E-state index is 12.6. The maximum atomic E-state index is 12.6. The van der Waals surface area contributed by atoms with Gasteiger partial charge in [-0.05, 0) is 29.9 Å². The van der Waals surface area contributed by atoms with Gasteiger partial charge in [0, 0.05) is 45.3 Å². The van der Waals surface area contributed by atoms with E-state index in [0.717, 1.165) is 57.0 Å². The van der Waals surface area contributed by atoms with Gasteiger partial charge in [0.25, 0.3) is 5.91 Å². The monoisotopic (exact) mass is 329 g/mol. The zero-order valence-electron chi connectivity index (χ0n) is 12.5. The van der Waals surface area contributed by atoms with Gasteiger partial charge in [-0.2, -0.15) is 0 Å². The summed E-state index contributed by atoms with van der Waals surface area (Å²) in [5.41, 5.74) is 1.20. The van der Waals surface area contributed by atoms with Crippen molar-refractivity contribution < 1.29 is 4.79 Å². The molecule has 0 radical (unpaired) electrons. The lowest BCUT2D eigenvalue weighted by Crippen LogP contribution is -2.49. The molecule has 3 rings (SSSR count). The van der Waals surface area contributed by atoms with Crippen LogP contribution in [-0.4, -0.2) is 61.0 Å². The minimum atomic E-state index is 0. The molecule has 2 fully saturated rings. The van der Waals surface area contributed by atoms with Gasteiger partial charge in [0.05, 0.1) is 4.88 Å². The third-order valence-electron chi connectivity index (χ3n) is 4.44. The van der Waals surface area contributed by atoms with E-state index in [4.69, 9.17) is 0 Å². The highest BCUT2D eigenvalue weighted by Crippen LogP contribution is 2.23. The fourth-order valence-corrected chi connectivity index (χ4v) is 4.18. The van der Waals surface area contributed by atoms with Crippen molar-refractivity contribution in [1.82, 2.24) is 15.1 Å². The van der Waals surface area contributed by atoms with Gasteiger partial charge in [-0.3, -0.25) is 9.69 Å². The van der Waals surface area contributed by atoms with Crippen molar-refractivity contribution in [2.75, 3.05) is 39.3 Å². The minimum Gasteiger partial charge on any atom is -0.336 e. The van der Waals surface area contributed by atoms with Crippen LogP contribution >= 0.6 is 23.7 Å². The van der Waals surface area contributed by atoms with Gasteiger partial charge >= 0.3 is 0 Å². The number of nitrogens with one attached hydrogen (secondary N) is 1. The third-order valence-corrected chi connectivity index (χ3v) is 5.39. The predicted octanol–water partition coefficient (Wildman–Crippen LogP) is 1.85. The van der Waals surface area contributed by atoms with Crippen molar-refractivity contribution in [1.29, 1.82) is 0 Å². The first kappa shape index (κ1) is 16.7. The van der Waals surface area contributed by atoms with Crippen molar-refractivity contribution in [3.05, 3.63) is 21.9 Å². The van der Waals surface area contributed by atoms with Crippen LogP contribution < -0.4 is 5.32 Å². The highest BCUT2D eigenvalue weighted by atomic mass is 35.5. The Hall–Kier alpha value is -0.620. The molecule has 4 nitrogen and oxygen atoms in total. The summed E-state index contributed by atoms with van der Waals surface area (Å²) in [6.45, 7) is 8.32. The molecular formula is C15H24ClN3OS. The Balaban J connectivity index is 0.00000161. The van der Waals surface area contributed by atoms with E-state index in [1.807, 2.05) is 5.38 Å². The summed E-state index contributed by atoms with van der Waals surface area (Å²) in [6.07, 6.45) is 2.07. The molecule has 2 aliphatic heterocycles. The molecule has 0 aromatic carbocycles. The van der Waals surface area contributed by atoms with Crippen LogP contribution in [0.3, 0.4) is 0 Å². The number of piperazine rings is 1. The lowest BCUT2D eigenvalue weighted by molar-refractivity contribution is 0.0777. The van der Waals surface area contributed by atoms with Crippen molar-refractivity contribution in [3.8, 4) is 0 Å². The Kier molecular flexibility index (Phi) is 6.05. The van der Waals surface area contributed by atoms with Gasteiger partial charge in [-0.1, -0.05) is 6.92 Å². The lowest BCUT2D eigenvalue weighted by atomic mass is 10.2. The summed E-state index contributed by atoms with van der Waals surface area (Å²) in [7, 11) is 0.